The third-order valence-electron chi connectivity index (χ3n) is 4.22. The van der Waals surface area contributed by atoms with Crippen LogP contribution in [0.4, 0.5) is 0 Å². The SMILES string of the molecule is CNC1CCCCC1Oc1ccc(C(C)C)c(C)c1. The zero-order chi connectivity index (χ0) is 13.8. The summed E-state index contributed by atoms with van der Waals surface area (Å²) in [5, 5.41) is 3.39. The fourth-order valence-corrected chi connectivity index (χ4v) is 3.11. The average Bonchev–Trinajstić information content (AvgIpc) is 2.39. The van der Waals surface area contributed by atoms with Gasteiger partial charge in [-0.2, -0.15) is 0 Å². The summed E-state index contributed by atoms with van der Waals surface area (Å²) in [5.41, 5.74) is 2.76. The van der Waals surface area contributed by atoms with Gasteiger partial charge >= 0.3 is 0 Å². The van der Waals surface area contributed by atoms with Crippen LogP contribution < -0.4 is 10.1 Å². The van der Waals surface area contributed by atoms with Crippen molar-refractivity contribution in [1.82, 2.24) is 5.32 Å². The molecule has 2 nitrogen and oxygen atoms in total. The molecule has 0 radical (unpaired) electrons. The molecule has 2 rings (SSSR count). The van der Waals surface area contributed by atoms with E-state index in [-0.39, 0.29) is 0 Å². The van der Waals surface area contributed by atoms with Crippen LogP contribution in [0.25, 0.3) is 0 Å². The first-order valence-corrected chi connectivity index (χ1v) is 7.56. The van der Waals surface area contributed by atoms with E-state index in [9.17, 15) is 0 Å². The molecule has 1 fully saturated rings. The predicted molar refractivity (Wildman–Crippen MR) is 81.0 cm³/mol. The number of hydrogen-bond acceptors (Lipinski definition) is 2. The highest BCUT2D eigenvalue weighted by atomic mass is 16.5. The maximum atomic E-state index is 6.21. The number of ether oxygens (including phenoxy) is 1. The van der Waals surface area contributed by atoms with Gasteiger partial charge in [-0.1, -0.05) is 26.3 Å². The van der Waals surface area contributed by atoms with E-state index in [2.05, 4.69) is 44.3 Å². The van der Waals surface area contributed by atoms with E-state index < -0.39 is 0 Å². The third kappa shape index (κ3) is 3.50. The smallest absolute Gasteiger partial charge is 0.120 e. The van der Waals surface area contributed by atoms with Crippen LogP contribution in [0.1, 0.15) is 56.6 Å². The maximum absolute atomic E-state index is 6.21. The molecule has 2 atom stereocenters. The zero-order valence-corrected chi connectivity index (χ0v) is 12.7. The highest BCUT2D eigenvalue weighted by molar-refractivity contribution is 5.36. The van der Waals surface area contributed by atoms with Crippen molar-refractivity contribution >= 4 is 0 Å². The highest BCUT2D eigenvalue weighted by Crippen LogP contribution is 2.27. The van der Waals surface area contributed by atoms with Gasteiger partial charge < -0.3 is 10.1 Å². The summed E-state index contributed by atoms with van der Waals surface area (Å²) in [6.45, 7) is 6.65. The molecule has 1 N–H and O–H groups in total. The van der Waals surface area contributed by atoms with Gasteiger partial charge in [0.15, 0.2) is 0 Å². The molecule has 1 aromatic rings. The van der Waals surface area contributed by atoms with Gasteiger partial charge in [0.25, 0.3) is 0 Å². The minimum absolute atomic E-state index is 0.322. The first kappa shape index (κ1) is 14.4. The molecule has 2 heteroatoms. The molecule has 106 valence electrons. The number of benzene rings is 1. The summed E-state index contributed by atoms with van der Waals surface area (Å²) in [5.74, 6) is 1.60. The van der Waals surface area contributed by atoms with Gasteiger partial charge in [0.1, 0.15) is 11.9 Å². The molecule has 19 heavy (non-hydrogen) atoms. The molecule has 1 aromatic carbocycles. The molecule has 0 bridgehead atoms. The lowest BCUT2D eigenvalue weighted by Gasteiger charge is -2.31. The molecule has 1 aliphatic carbocycles. The number of nitrogens with one attached hydrogen (secondary N) is 1. The summed E-state index contributed by atoms with van der Waals surface area (Å²) in [6.07, 6.45) is 5.31. The number of aryl methyl sites for hydroxylation is 1. The van der Waals surface area contributed by atoms with Gasteiger partial charge in [0, 0.05) is 6.04 Å². The van der Waals surface area contributed by atoms with Crippen LogP contribution in [-0.2, 0) is 0 Å². The van der Waals surface area contributed by atoms with Gasteiger partial charge in [-0.15, -0.1) is 0 Å². The van der Waals surface area contributed by atoms with Crippen LogP contribution in [0.3, 0.4) is 0 Å². The van der Waals surface area contributed by atoms with Crippen molar-refractivity contribution in [1.29, 1.82) is 0 Å². The van der Waals surface area contributed by atoms with E-state index in [1.165, 1.54) is 30.4 Å². The Morgan fingerprint density at radius 1 is 1.21 bits per heavy atom. The van der Waals surface area contributed by atoms with Crippen molar-refractivity contribution in [3.8, 4) is 5.75 Å². The molecule has 1 aliphatic rings. The standard InChI is InChI=1S/C17H27NO/c1-12(2)15-10-9-14(11-13(15)3)19-17-8-6-5-7-16(17)18-4/h9-12,16-18H,5-8H2,1-4H3. The van der Waals surface area contributed by atoms with Crippen molar-refractivity contribution in [3.63, 3.8) is 0 Å². The maximum Gasteiger partial charge on any atom is 0.120 e. The van der Waals surface area contributed by atoms with Crippen LogP contribution in [0.5, 0.6) is 5.75 Å². The van der Waals surface area contributed by atoms with Gasteiger partial charge in [-0.05, 0) is 62.4 Å². The second-order valence-corrected chi connectivity index (χ2v) is 6.01. The Balaban J connectivity index is 2.08. The lowest BCUT2D eigenvalue weighted by molar-refractivity contribution is 0.118. The summed E-state index contributed by atoms with van der Waals surface area (Å²) in [4.78, 5) is 0. The second kappa shape index (κ2) is 6.42. The van der Waals surface area contributed by atoms with Crippen molar-refractivity contribution in [2.24, 2.45) is 0 Å². The Hall–Kier alpha value is -1.02. The van der Waals surface area contributed by atoms with E-state index in [1.54, 1.807) is 0 Å². The molecular formula is C17H27NO. The normalized spacial score (nSPS) is 23.6. The van der Waals surface area contributed by atoms with Crippen molar-refractivity contribution in [2.45, 2.75) is 64.5 Å². The van der Waals surface area contributed by atoms with Gasteiger partial charge in [-0.3, -0.25) is 0 Å². The Labute approximate surface area is 117 Å². The van der Waals surface area contributed by atoms with E-state index in [1.807, 2.05) is 7.05 Å². The zero-order valence-electron chi connectivity index (χ0n) is 12.7. The van der Waals surface area contributed by atoms with Crippen LogP contribution in [0.2, 0.25) is 0 Å². The molecular weight excluding hydrogens is 234 g/mol. The second-order valence-electron chi connectivity index (χ2n) is 6.01. The monoisotopic (exact) mass is 261 g/mol. The van der Waals surface area contributed by atoms with Gasteiger partial charge in [0.05, 0.1) is 0 Å². The first-order valence-electron chi connectivity index (χ1n) is 7.56. The van der Waals surface area contributed by atoms with Crippen LogP contribution in [-0.4, -0.2) is 19.2 Å². The van der Waals surface area contributed by atoms with Crippen molar-refractivity contribution in [2.75, 3.05) is 7.05 Å². The molecule has 1 saturated carbocycles. The largest absolute Gasteiger partial charge is 0.489 e. The fourth-order valence-electron chi connectivity index (χ4n) is 3.11. The Morgan fingerprint density at radius 3 is 2.58 bits per heavy atom. The summed E-state index contributed by atoms with van der Waals surface area (Å²) < 4.78 is 6.21. The topological polar surface area (TPSA) is 21.3 Å². The highest BCUT2D eigenvalue weighted by Gasteiger charge is 2.25. The fraction of sp³-hybridized carbons (Fsp3) is 0.647. The van der Waals surface area contributed by atoms with Crippen molar-refractivity contribution in [3.05, 3.63) is 29.3 Å². The lowest BCUT2D eigenvalue weighted by Crippen LogP contribution is -2.43. The number of rotatable bonds is 4. The Morgan fingerprint density at radius 2 is 1.95 bits per heavy atom. The number of hydrogen-bond donors (Lipinski definition) is 1. The lowest BCUT2D eigenvalue weighted by atomic mass is 9.92. The first-order chi connectivity index (χ1) is 9.11. The van der Waals surface area contributed by atoms with Crippen LogP contribution >= 0.6 is 0 Å². The van der Waals surface area contributed by atoms with Gasteiger partial charge in [-0.25, -0.2) is 0 Å². The van der Waals surface area contributed by atoms with Crippen LogP contribution in [0.15, 0.2) is 18.2 Å². The molecule has 2 unspecified atom stereocenters. The number of likely N-dealkylation sites (N-methyl/N-ethyl adjacent to an activating group) is 1. The summed E-state index contributed by atoms with van der Waals surface area (Å²) >= 11 is 0. The Kier molecular flexibility index (Phi) is 4.87. The van der Waals surface area contributed by atoms with Crippen molar-refractivity contribution < 1.29 is 4.74 Å². The van der Waals surface area contributed by atoms with E-state index in [0.29, 0.717) is 18.1 Å². The predicted octanol–water partition coefficient (Wildman–Crippen LogP) is 4.03. The van der Waals surface area contributed by atoms with E-state index in [4.69, 9.17) is 4.74 Å². The molecule has 0 heterocycles. The molecule has 0 saturated heterocycles. The van der Waals surface area contributed by atoms with Crippen LogP contribution in [0, 0.1) is 6.92 Å². The quantitative estimate of drug-likeness (QED) is 0.883. The van der Waals surface area contributed by atoms with Gasteiger partial charge in [0.2, 0.25) is 0 Å². The van der Waals surface area contributed by atoms with E-state index in [0.717, 1.165) is 12.2 Å². The molecule has 0 amide bonds. The molecule has 0 aliphatic heterocycles. The minimum Gasteiger partial charge on any atom is -0.489 e. The summed E-state index contributed by atoms with van der Waals surface area (Å²) in [6, 6.07) is 7.03. The average molecular weight is 261 g/mol. The van der Waals surface area contributed by atoms with E-state index >= 15 is 0 Å². The Bertz CT molecular complexity index is 414. The summed E-state index contributed by atoms with van der Waals surface area (Å²) in [7, 11) is 2.04. The molecule has 0 aromatic heterocycles. The minimum atomic E-state index is 0.322. The molecule has 0 spiro atoms. The third-order valence-corrected chi connectivity index (χ3v) is 4.22.